The van der Waals surface area contributed by atoms with Gasteiger partial charge in [0.05, 0.1) is 12.6 Å². The Morgan fingerprint density at radius 1 is 1.40 bits per heavy atom. The van der Waals surface area contributed by atoms with Crippen LogP contribution in [0.2, 0.25) is 0 Å². The Kier molecular flexibility index (Phi) is 3.42. The molecule has 0 amide bonds. The van der Waals surface area contributed by atoms with Gasteiger partial charge in [0.15, 0.2) is 5.96 Å². The summed E-state index contributed by atoms with van der Waals surface area (Å²) >= 11 is 0. The van der Waals surface area contributed by atoms with Crippen LogP contribution in [0.1, 0.15) is 25.8 Å². The summed E-state index contributed by atoms with van der Waals surface area (Å²) in [6.07, 6.45) is 1.50. The minimum atomic E-state index is 0.133. The molecular formula is C16H23N3O. The highest BCUT2D eigenvalue weighted by Gasteiger charge is 2.59. The molecule has 1 saturated heterocycles. The zero-order chi connectivity index (χ0) is 14.2. The lowest BCUT2D eigenvalue weighted by Gasteiger charge is -2.54. The zero-order valence-electron chi connectivity index (χ0n) is 12.2. The van der Waals surface area contributed by atoms with Crippen LogP contribution in [0.15, 0.2) is 35.3 Å². The molecule has 3 N–H and O–H groups in total. The number of hydrogen-bond donors (Lipinski definition) is 2. The van der Waals surface area contributed by atoms with Gasteiger partial charge in [-0.1, -0.05) is 44.2 Å². The van der Waals surface area contributed by atoms with Gasteiger partial charge >= 0.3 is 0 Å². The van der Waals surface area contributed by atoms with Crippen molar-refractivity contribution in [2.24, 2.45) is 22.1 Å². The molecule has 20 heavy (non-hydrogen) atoms. The lowest BCUT2D eigenvalue weighted by molar-refractivity contribution is -0.106. The molecule has 1 aromatic carbocycles. The van der Waals surface area contributed by atoms with E-state index in [9.17, 15) is 0 Å². The summed E-state index contributed by atoms with van der Waals surface area (Å²) in [6.45, 7) is 5.97. The van der Waals surface area contributed by atoms with E-state index in [0.717, 1.165) is 13.0 Å². The van der Waals surface area contributed by atoms with E-state index >= 15 is 0 Å². The Labute approximate surface area is 120 Å². The van der Waals surface area contributed by atoms with E-state index in [-0.39, 0.29) is 5.41 Å². The molecule has 0 spiro atoms. The predicted octanol–water partition coefficient (Wildman–Crippen LogP) is 1.90. The van der Waals surface area contributed by atoms with Crippen LogP contribution in [0.4, 0.5) is 0 Å². The molecule has 2 aliphatic rings. The number of nitrogens with one attached hydrogen (secondary N) is 1. The van der Waals surface area contributed by atoms with Gasteiger partial charge in [-0.05, 0) is 12.0 Å². The van der Waals surface area contributed by atoms with Gasteiger partial charge in [-0.15, -0.1) is 0 Å². The van der Waals surface area contributed by atoms with Crippen molar-refractivity contribution in [3.05, 3.63) is 35.9 Å². The summed E-state index contributed by atoms with van der Waals surface area (Å²) in [5, 5.41) is 3.40. The maximum Gasteiger partial charge on any atom is 0.189 e. The maximum absolute atomic E-state index is 6.03. The minimum absolute atomic E-state index is 0.133. The summed E-state index contributed by atoms with van der Waals surface area (Å²) in [6, 6.07) is 10.5. The minimum Gasteiger partial charge on any atom is -0.377 e. The number of fused-ring (bicyclic) bond motifs is 1. The number of hydrogen-bond acceptors (Lipinski definition) is 2. The molecule has 4 heteroatoms. The highest BCUT2D eigenvalue weighted by Crippen LogP contribution is 2.51. The van der Waals surface area contributed by atoms with E-state index < -0.39 is 0 Å². The van der Waals surface area contributed by atoms with Crippen molar-refractivity contribution in [2.45, 2.75) is 39.0 Å². The third-order valence-corrected chi connectivity index (χ3v) is 4.68. The summed E-state index contributed by atoms with van der Waals surface area (Å²) in [5.74, 6) is 1.12. The molecule has 2 fully saturated rings. The highest BCUT2D eigenvalue weighted by atomic mass is 16.5. The van der Waals surface area contributed by atoms with Crippen LogP contribution in [0.25, 0.3) is 0 Å². The average Bonchev–Trinajstić information content (AvgIpc) is 2.91. The van der Waals surface area contributed by atoms with E-state index in [1.807, 2.05) is 18.2 Å². The second kappa shape index (κ2) is 5.09. The fraction of sp³-hybridized carbons (Fsp3) is 0.562. The van der Waals surface area contributed by atoms with Crippen LogP contribution in [0.5, 0.6) is 0 Å². The number of rotatable bonds is 3. The molecule has 0 radical (unpaired) electrons. The first-order valence-corrected chi connectivity index (χ1v) is 7.31. The van der Waals surface area contributed by atoms with Gasteiger partial charge in [0, 0.05) is 24.0 Å². The van der Waals surface area contributed by atoms with Crippen LogP contribution < -0.4 is 11.1 Å². The molecule has 1 aromatic rings. The molecule has 108 valence electrons. The molecular weight excluding hydrogens is 250 g/mol. The molecule has 1 saturated carbocycles. The Bertz CT molecular complexity index is 498. The topological polar surface area (TPSA) is 59.6 Å². The third-order valence-electron chi connectivity index (χ3n) is 4.68. The molecule has 1 aliphatic heterocycles. The predicted molar refractivity (Wildman–Crippen MR) is 80.3 cm³/mol. The first-order valence-electron chi connectivity index (χ1n) is 7.31. The molecule has 4 nitrogen and oxygen atoms in total. The largest absolute Gasteiger partial charge is 0.377 e. The zero-order valence-corrected chi connectivity index (χ0v) is 12.2. The summed E-state index contributed by atoms with van der Waals surface area (Å²) in [7, 11) is 0. The second-order valence-electron chi connectivity index (χ2n) is 6.37. The number of nitrogens with zero attached hydrogens (tertiary/aromatic N) is 1. The van der Waals surface area contributed by atoms with Crippen molar-refractivity contribution < 1.29 is 4.74 Å². The Balaban J connectivity index is 1.60. The molecule has 0 unspecified atom stereocenters. The maximum atomic E-state index is 6.03. The average molecular weight is 273 g/mol. The van der Waals surface area contributed by atoms with E-state index in [0.29, 0.717) is 30.6 Å². The standard InChI is InChI=1S/C16H23N3O/c1-16(2)13(12-8-9-20-14(12)16)19-15(17)18-10-11-6-4-3-5-7-11/h3-7,12-14H,8-10H2,1-2H3,(H3,17,18,19)/t12-,13+,14-/m0/s1. The number of aliphatic imine (C=N–C) groups is 1. The third kappa shape index (κ3) is 2.29. The molecule has 0 aromatic heterocycles. The van der Waals surface area contributed by atoms with E-state index in [4.69, 9.17) is 10.5 Å². The van der Waals surface area contributed by atoms with Gasteiger partial charge in [-0.2, -0.15) is 0 Å². The normalized spacial score (nSPS) is 31.5. The first kappa shape index (κ1) is 13.4. The monoisotopic (exact) mass is 273 g/mol. The van der Waals surface area contributed by atoms with Crippen LogP contribution in [0.3, 0.4) is 0 Å². The van der Waals surface area contributed by atoms with Crippen molar-refractivity contribution >= 4 is 5.96 Å². The fourth-order valence-corrected chi connectivity index (χ4v) is 3.58. The van der Waals surface area contributed by atoms with Crippen molar-refractivity contribution in [1.82, 2.24) is 5.32 Å². The fourth-order valence-electron chi connectivity index (χ4n) is 3.58. The SMILES string of the molecule is CC1(C)[C@H](NC(N)=NCc2ccccc2)[C@@H]2CCO[C@@H]21. The highest BCUT2D eigenvalue weighted by molar-refractivity contribution is 5.78. The number of benzene rings is 1. The van der Waals surface area contributed by atoms with Gasteiger partial charge in [0.25, 0.3) is 0 Å². The van der Waals surface area contributed by atoms with Crippen molar-refractivity contribution in [2.75, 3.05) is 6.61 Å². The Morgan fingerprint density at radius 3 is 2.90 bits per heavy atom. The van der Waals surface area contributed by atoms with Crippen LogP contribution in [-0.2, 0) is 11.3 Å². The van der Waals surface area contributed by atoms with Gasteiger partial charge < -0.3 is 15.8 Å². The van der Waals surface area contributed by atoms with Gasteiger partial charge in [-0.3, -0.25) is 0 Å². The van der Waals surface area contributed by atoms with Crippen LogP contribution >= 0.6 is 0 Å². The quantitative estimate of drug-likeness (QED) is 0.653. The molecule has 0 bridgehead atoms. The Morgan fingerprint density at radius 2 is 2.15 bits per heavy atom. The van der Waals surface area contributed by atoms with E-state index in [2.05, 4.69) is 36.3 Å². The summed E-state index contributed by atoms with van der Waals surface area (Å²) < 4.78 is 5.79. The molecule has 1 heterocycles. The number of ether oxygens (including phenoxy) is 1. The molecule has 3 atom stereocenters. The molecule has 3 rings (SSSR count). The van der Waals surface area contributed by atoms with Crippen molar-refractivity contribution in [1.29, 1.82) is 0 Å². The smallest absolute Gasteiger partial charge is 0.189 e. The van der Waals surface area contributed by atoms with E-state index in [1.165, 1.54) is 5.56 Å². The summed E-state index contributed by atoms with van der Waals surface area (Å²) in [4.78, 5) is 4.44. The van der Waals surface area contributed by atoms with Gasteiger partial charge in [-0.25, -0.2) is 4.99 Å². The van der Waals surface area contributed by atoms with Gasteiger partial charge in [0.1, 0.15) is 0 Å². The lowest BCUT2D eigenvalue weighted by Crippen LogP contribution is -2.67. The second-order valence-corrected chi connectivity index (χ2v) is 6.37. The number of nitrogens with two attached hydrogens (primary N) is 1. The van der Waals surface area contributed by atoms with E-state index in [1.54, 1.807) is 0 Å². The van der Waals surface area contributed by atoms with Crippen LogP contribution in [-0.4, -0.2) is 24.7 Å². The lowest BCUT2D eigenvalue weighted by atomic mass is 9.57. The van der Waals surface area contributed by atoms with Gasteiger partial charge in [0.2, 0.25) is 0 Å². The first-order chi connectivity index (χ1) is 9.59. The van der Waals surface area contributed by atoms with Crippen molar-refractivity contribution in [3.8, 4) is 0 Å². The van der Waals surface area contributed by atoms with Crippen molar-refractivity contribution in [3.63, 3.8) is 0 Å². The van der Waals surface area contributed by atoms with Crippen LogP contribution in [0, 0.1) is 11.3 Å². The molecule has 1 aliphatic carbocycles. The summed E-state index contributed by atoms with van der Waals surface area (Å²) in [5.41, 5.74) is 7.34. The number of guanidine groups is 1. The Hall–Kier alpha value is -1.55.